The van der Waals surface area contributed by atoms with Crippen molar-refractivity contribution in [3.63, 3.8) is 0 Å². The van der Waals surface area contributed by atoms with E-state index in [4.69, 9.17) is 5.73 Å². The van der Waals surface area contributed by atoms with Crippen LogP contribution in [0.1, 0.15) is 41.9 Å². The minimum Gasteiger partial charge on any atom is -0.397 e. The first-order chi connectivity index (χ1) is 9.70. The molecule has 0 fully saturated rings. The average Bonchev–Trinajstić information content (AvgIpc) is 2.48. The smallest absolute Gasteiger partial charge is 0.270 e. The molecule has 20 heavy (non-hydrogen) atoms. The molecule has 0 saturated heterocycles. The number of nitrogens with one attached hydrogen (secondary N) is 1. The number of rotatable bonds is 5. The molecule has 0 saturated carbocycles. The number of benzene rings is 1. The van der Waals surface area contributed by atoms with Crippen LogP contribution in [0.25, 0.3) is 0 Å². The molecule has 0 spiro atoms. The van der Waals surface area contributed by atoms with Gasteiger partial charge < -0.3 is 11.1 Å². The van der Waals surface area contributed by atoms with Gasteiger partial charge in [-0.05, 0) is 24.1 Å². The number of carbonyl (C=O) groups is 1. The molecule has 0 radical (unpaired) electrons. The predicted octanol–water partition coefficient (Wildman–Crippen LogP) is 2.94. The Morgan fingerprint density at radius 2 is 2.00 bits per heavy atom. The molecule has 0 aliphatic carbocycles. The molecule has 4 heteroatoms. The number of carbonyl (C=O) groups excluding carboxylic acids is 1. The SMILES string of the molecule is CCCC(NC(=O)c1ccc(N)cn1)c1ccccc1. The van der Waals surface area contributed by atoms with Gasteiger partial charge in [0.05, 0.1) is 17.9 Å². The van der Waals surface area contributed by atoms with Gasteiger partial charge >= 0.3 is 0 Å². The second-order valence-electron chi connectivity index (χ2n) is 4.70. The number of aromatic nitrogens is 1. The zero-order valence-corrected chi connectivity index (χ0v) is 11.5. The fourth-order valence-corrected chi connectivity index (χ4v) is 2.07. The Morgan fingerprint density at radius 1 is 1.25 bits per heavy atom. The summed E-state index contributed by atoms with van der Waals surface area (Å²) in [5.41, 5.74) is 7.62. The van der Waals surface area contributed by atoms with Crippen molar-refractivity contribution in [3.8, 4) is 0 Å². The third-order valence-electron chi connectivity index (χ3n) is 3.10. The Balaban J connectivity index is 2.12. The van der Waals surface area contributed by atoms with Crippen molar-refractivity contribution in [1.82, 2.24) is 10.3 Å². The molecule has 1 unspecified atom stereocenters. The van der Waals surface area contributed by atoms with Crippen LogP contribution in [-0.2, 0) is 0 Å². The molecular weight excluding hydrogens is 250 g/mol. The highest BCUT2D eigenvalue weighted by Gasteiger charge is 2.15. The third kappa shape index (κ3) is 3.57. The van der Waals surface area contributed by atoms with E-state index in [-0.39, 0.29) is 11.9 Å². The van der Waals surface area contributed by atoms with Gasteiger partial charge in [0.1, 0.15) is 5.69 Å². The van der Waals surface area contributed by atoms with Gasteiger partial charge in [-0.1, -0.05) is 43.7 Å². The van der Waals surface area contributed by atoms with Crippen LogP contribution >= 0.6 is 0 Å². The van der Waals surface area contributed by atoms with Crippen molar-refractivity contribution in [2.75, 3.05) is 5.73 Å². The van der Waals surface area contributed by atoms with Gasteiger partial charge in [0.15, 0.2) is 0 Å². The normalized spacial score (nSPS) is 11.8. The van der Waals surface area contributed by atoms with Gasteiger partial charge in [-0.2, -0.15) is 0 Å². The number of nitrogens with two attached hydrogens (primary N) is 1. The molecule has 0 bridgehead atoms. The fraction of sp³-hybridized carbons (Fsp3) is 0.250. The Labute approximate surface area is 119 Å². The van der Waals surface area contributed by atoms with Crippen molar-refractivity contribution in [2.24, 2.45) is 0 Å². The quantitative estimate of drug-likeness (QED) is 0.877. The lowest BCUT2D eigenvalue weighted by Crippen LogP contribution is -2.29. The van der Waals surface area contributed by atoms with Crippen LogP contribution in [0.3, 0.4) is 0 Å². The van der Waals surface area contributed by atoms with Crippen molar-refractivity contribution >= 4 is 11.6 Å². The zero-order valence-electron chi connectivity index (χ0n) is 11.5. The summed E-state index contributed by atoms with van der Waals surface area (Å²) in [6, 6.07) is 13.3. The molecule has 1 aromatic carbocycles. The molecule has 2 rings (SSSR count). The summed E-state index contributed by atoms with van der Waals surface area (Å²) >= 11 is 0. The number of amides is 1. The maximum atomic E-state index is 12.2. The summed E-state index contributed by atoms with van der Waals surface area (Å²) < 4.78 is 0. The van der Waals surface area contributed by atoms with Gasteiger partial charge in [-0.3, -0.25) is 4.79 Å². The summed E-state index contributed by atoms with van der Waals surface area (Å²) in [4.78, 5) is 16.2. The minimum absolute atomic E-state index is 0.00746. The summed E-state index contributed by atoms with van der Waals surface area (Å²) in [5.74, 6) is -0.174. The summed E-state index contributed by atoms with van der Waals surface area (Å²) in [5, 5.41) is 3.03. The van der Waals surface area contributed by atoms with E-state index in [1.807, 2.05) is 30.3 Å². The molecule has 4 nitrogen and oxygen atoms in total. The maximum absolute atomic E-state index is 12.2. The van der Waals surface area contributed by atoms with E-state index in [1.54, 1.807) is 12.1 Å². The molecule has 0 aliphatic heterocycles. The largest absolute Gasteiger partial charge is 0.397 e. The molecule has 1 atom stereocenters. The first-order valence-electron chi connectivity index (χ1n) is 6.78. The van der Waals surface area contributed by atoms with E-state index >= 15 is 0 Å². The predicted molar refractivity (Wildman–Crippen MR) is 80.2 cm³/mol. The van der Waals surface area contributed by atoms with Crippen molar-refractivity contribution in [1.29, 1.82) is 0 Å². The van der Waals surface area contributed by atoms with Crippen LogP contribution in [0.2, 0.25) is 0 Å². The Bertz CT molecular complexity index is 552. The van der Waals surface area contributed by atoms with Crippen molar-refractivity contribution in [2.45, 2.75) is 25.8 Å². The van der Waals surface area contributed by atoms with E-state index in [2.05, 4.69) is 17.2 Å². The molecule has 3 N–H and O–H groups in total. The molecule has 0 aliphatic rings. The number of hydrogen-bond acceptors (Lipinski definition) is 3. The third-order valence-corrected chi connectivity index (χ3v) is 3.10. The second kappa shape index (κ2) is 6.70. The second-order valence-corrected chi connectivity index (χ2v) is 4.70. The number of anilines is 1. The summed E-state index contributed by atoms with van der Waals surface area (Å²) in [7, 11) is 0. The Morgan fingerprint density at radius 3 is 2.60 bits per heavy atom. The number of pyridine rings is 1. The molecular formula is C16H19N3O. The van der Waals surface area contributed by atoms with E-state index < -0.39 is 0 Å². The topological polar surface area (TPSA) is 68.0 Å². The van der Waals surface area contributed by atoms with Crippen LogP contribution in [0.5, 0.6) is 0 Å². The number of hydrogen-bond donors (Lipinski definition) is 2. The van der Waals surface area contributed by atoms with E-state index in [0.29, 0.717) is 11.4 Å². The van der Waals surface area contributed by atoms with Crippen molar-refractivity contribution in [3.05, 3.63) is 59.9 Å². The highest BCUT2D eigenvalue weighted by molar-refractivity contribution is 5.92. The molecule has 1 amide bonds. The van der Waals surface area contributed by atoms with Gasteiger partial charge in [0.2, 0.25) is 0 Å². The van der Waals surface area contributed by atoms with Crippen molar-refractivity contribution < 1.29 is 4.79 Å². The summed E-state index contributed by atoms with van der Waals surface area (Å²) in [6.45, 7) is 2.10. The van der Waals surface area contributed by atoms with E-state index in [0.717, 1.165) is 18.4 Å². The monoisotopic (exact) mass is 269 g/mol. The first-order valence-corrected chi connectivity index (χ1v) is 6.78. The fourth-order valence-electron chi connectivity index (χ4n) is 2.07. The first kappa shape index (κ1) is 14.1. The number of nitrogens with zero attached hydrogens (tertiary/aromatic N) is 1. The highest BCUT2D eigenvalue weighted by Crippen LogP contribution is 2.18. The average molecular weight is 269 g/mol. The van der Waals surface area contributed by atoms with Crippen LogP contribution in [0.15, 0.2) is 48.7 Å². The molecule has 1 heterocycles. The number of nitrogen functional groups attached to an aromatic ring is 1. The van der Waals surface area contributed by atoms with Gasteiger partial charge in [0.25, 0.3) is 5.91 Å². The Hall–Kier alpha value is -2.36. The summed E-state index contributed by atoms with van der Waals surface area (Å²) in [6.07, 6.45) is 3.38. The molecule has 2 aromatic rings. The van der Waals surface area contributed by atoms with Gasteiger partial charge in [0, 0.05) is 0 Å². The van der Waals surface area contributed by atoms with Crippen LogP contribution in [0.4, 0.5) is 5.69 Å². The standard InChI is InChI=1S/C16H19N3O/c1-2-6-14(12-7-4-3-5-8-12)19-16(20)15-10-9-13(17)11-18-15/h3-5,7-11,14H,2,6,17H2,1H3,(H,19,20). The lowest BCUT2D eigenvalue weighted by Gasteiger charge is -2.18. The van der Waals surface area contributed by atoms with E-state index in [9.17, 15) is 4.79 Å². The minimum atomic E-state index is -0.174. The Kier molecular flexibility index (Phi) is 4.71. The van der Waals surface area contributed by atoms with Crippen LogP contribution in [-0.4, -0.2) is 10.9 Å². The lowest BCUT2D eigenvalue weighted by molar-refractivity contribution is 0.0929. The molecule has 104 valence electrons. The highest BCUT2D eigenvalue weighted by atomic mass is 16.1. The van der Waals surface area contributed by atoms with Crippen LogP contribution < -0.4 is 11.1 Å². The maximum Gasteiger partial charge on any atom is 0.270 e. The zero-order chi connectivity index (χ0) is 14.4. The molecule has 1 aromatic heterocycles. The van der Waals surface area contributed by atoms with Crippen LogP contribution in [0, 0.1) is 0 Å². The van der Waals surface area contributed by atoms with Gasteiger partial charge in [-0.25, -0.2) is 4.98 Å². The lowest BCUT2D eigenvalue weighted by atomic mass is 10.0. The van der Waals surface area contributed by atoms with Gasteiger partial charge in [-0.15, -0.1) is 0 Å². The van der Waals surface area contributed by atoms with E-state index in [1.165, 1.54) is 6.20 Å².